The molecule has 1 unspecified atom stereocenters. The third-order valence-electron chi connectivity index (χ3n) is 4.75. The molecule has 1 atom stereocenters. The molecule has 146 valence electrons. The van der Waals surface area contributed by atoms with Crippen molar-refractivity contribution in [1.82, 2.24) is 14.6 Å². The molecule has 2 aromatic heterocycles. The predicted octanol–water partition coefficient (Wildman–Crippen LogP) is 1.48. The van der Waals surface area contributed by atoms with Gasteiger partial charge < -0.3 is 15.5 Å². The fraction of sp³-hybridized carbons (Fsp3) is 0.263. The van der Waals surface area contributed by atoms with Gasteiger partial charge in [0.15, 0.2) is 11.3 Å². The number of nitrogens with two attached hydrogens (primary N) is 1. The minimum absolute atomic E-state index is 0.113. The average Bonchev–Trinajstić information content (AvgIpc) is 3.33. The first kappa shape index (κ1) is 18.6. The number of pyridine rings is 1. The molecule has 9 heteroatoms. The Labute approximate surface area is 162 Å². The van der Waals surface area contributed by atoms with Crippen molar-refractivity contribution in [3.8, 4) is 0 Å². The molecule has 3 N–H and O–H groups in total. The molecule has 4 rings (SSSR count). The molecule has 28 heavy (non-hydrogen) atoms. The Hall–Kier alpha value is -2.75. The van der Waals surface area contributed by atoms with E-state index in [0.717, 1.165) is 10.9 Å². The van der Waals surface area contributed by atoms with Crippen molar-refractivity contribution in [2.75, 3.05) is 13.1 Å². The van der Waals surface area contributed by atoms with E-state index in [0.29, 0.717) is 25.1 Å². The first-order valence-corrected chi connectivity index (χ1v) is 10.3. The summed E-state index contributed by atoms with van der Waals surface area (Å²) in [4.78, 5) is 16.5. The van der Waals surface area contributed by atoms with Crippen molar-refractivity contribution < 1.29 is 17.6 Å². The molecule has 1 amide bonds. The SMILES string of the molecule is NC1CCN(S(=O)(=O)c2ccc(CNC(=O)c3cc4ccncc4o3)cc2)C1. The van der Waals surface area contributed by atoms with Crippen LogP contribution in [0.4, 0.5) is 0 Å². The van der Waals surface area contributed by atoms with Gasteiger partial charge in [-0.3, -0.25) is 9.78 Å². The smallest absolute Gasteiger partial charge is 0.287 e. The lowest BCUT2D eigenvalue weighted by Gasteiger charge is -2.16. The molecule has 0 spiro atoms. The molecule has 0 saturated carbocycles. The van der Waals surface area contributed by atoms with E-state index in [1.165, 1.54) is 4.31 Å². The highest BCUT2D eigenvalue weighted by molar-refractivity contribution is 7.89. The summed E-state index contributed by atoms with van der Waals surface area (Å²) in [5.74, 6) is -0.147. The maximum absolute atomic E-state index is 12.6. The van der Waals surface area contributed by atoms with E-state index in [9.17, 15) is 13.2 Å². The highest BCUT2D eigenvalue weighted by Crippen LogP contribution is 2.21. The largest absolute Gasteiger partial charge is 0.449 e. The van der Waals surface area contributed by atoms with Crippen molar-refractivity contribution in [2.24, 2.45) is 5.73 Å². The van der Waals surface area contributed by atoms with Crippen molar-refractivity contribution in [3.63, 3.8) is 0 Å². The molecular weight excluding hydrogens is 380 g/mol. The summed E-state index contributed by atoms with van der Waals surface area (Å²) in [5, 5.41) is 3.57. The summed E-state index contributed by atoms with van der Waals surface area (Å²) >= 11 is 0. The number of amides is 1. The van der Waals surface area contributed by atoms with Crippen LogP contribution in [0.25, 0.3) is 11.0 Å². The summed E-state index contributed by atoms with van der Waals surface area (Å²) < 4.78 is 32.1. The van der Waals surface area contributed by atoms with Gasteiger partial charge in [0.25, 0.3) is 5.91 Å². The van der Waals surface area contributed by atoms with Gasteiger partial charge in [0, 0.05) is 37.3 Å². The van der Waals surface area contributed by atoms with Crippen LogP contribution in [0.2, 0.25) is 0 Å². The molecule has 0 radical (unpaired) electrons. The van der Waals surface area contributed by atoms with Gasteiger partial charge in [0.05, 0.1) is 11.1 Å². The quantitative estimate of drug-likeness (QED) is 0.670. The third kappa shape index (κ3) is 3.64. The monoisotopic (exact) mass is 400 g/mol. The lowest BCUT2D eigenvalue weighted by Crippen LogP contribution is -2.32. The Morgan fingerprint density at radius 1 is 1.29 bits per heavy atom. The second kappa shape index (κ2) is 7.34. The van der Waals surface area contributed by atoms with Crippen molar-refractivity contribution in [1.29, 1.82) is 0 Å². The summed E-state index contributed by atoms with van der Waals surface area (Å²) in [6.45, 7) is 1.03. The lowest BCUT2D eigenvalue weighted by molar-refractivity contribution is 0.0925. The number of nitrogens with one attached hydrogen (secondary N) is 1. The van der Waals surface area contributed by atoms with E-state index in [2.05, 4.69) is 10.3 Å². The number of hydrogen-bond acceptors (Lipinski definition) is 6. The third-order valence-corrected chi connectivity index (χ3v) is 6.63. The van der Waals surface area contributed by atoms with E-state index < -0.39 is 10.0 Å². The van der Waals surface area contributed by atoms with Crippen LogP contribution in [0.3, 0.4) is 0 Å². The maximum atomic E-state index is 12.6. The Kier molecular flexibility index (Phi) is 4.88. The van der Waals surface area contributed by atoms with Crippen LogP contribution in [-0.2, 0) is 16.6 Å². The van der Waals surface area contributed by atoms with Crippen LogP contribution in [0.1, 0.15) is 22.5 Å². The van der Waals surface area contributed by atoms with E-state index in [4.69, 9.17) is 10.2 Å². The van der Waals surface area contributed by atoms with Gasteiger partial charge in [-0.15, -0.1) is 0 Å². The molecule has 0 bridgehead atoms. The number of sulfonamides is 1. The van der Waals surface area contributed by atoms with Gasteiger partial charge >= 0.3 is 0 Å². The van der Waals surface area contributed by atoms with Gasteiger partial charge in [-0.25, -0.2) is 8.42 Å². The number of aromatic nitrogens is 1. The minimum atomic E-state index is -3.53. The zero-order chi connectivity index (χ0) is 19.7. The number of carbonyl (C=O) groups is 1. The van der Waals surface area contributed by atoms with E-state index >= 15 is 0 Å². The first-order chi connectivity index (χ1) is 13.4. The Morgan fingerprint density at radius 2 is 2.07 bits per heavy atom. The van der Waals surface area contributed by atoms with Gasteiger partial charge in [0.1, 0.15) is 0 Å². The van der Waals surface area contributed by atoms with Gasteiger partial charge in [-0.05, 0) is 36.2 Å². The van der Waals surface area contributed by atoms with Crippen molar-refractivity contribution in [3.05, 3.63) is 60.1 Å². The molecule has 3 aromatic rings. The Balaban J connectivity index is 1.41. The summed E-state index contributed by atoms with van der Waals surface area (Å²) in [6, 6.07) is 9.78. The van der Waals surface area contributed by atoms with Crippen LogP contribution in [0, 0.1) is 0 Å². The van der Waals surface area contributed by atoms with Crippen LogP contribution in [0.15, 0.2) is 58.1 Å². The summed E-state index contributed by atoms with van der Waals surface area (Å²) in [5.41, 5.74) is 7.13. The van der Waals surface area contributed by atoms with E-state index in [1.54, 1.807) is 48.8 Å². The number of furan rings is 1. The van der Waals surface area contributed by atoms with Crippen LogP contribution in [-0.4, -0.2) is 42.7 Å². The van der Waals surface area contributed by atoms with Crippen LogP contribution >= 0.6 is 0 Å². The molecule has 3 heterocycles. The predicted molar refractivity (Wildman–Crippen MR) is 103 cm³/mol. The maximum Gasteiger partial charge on any atom is 0.287 e. The van der Waals surface area contributed by atoms with Crippen LogP contribution in [0.5, 0.6) is 0 Å². The topological polar surface area (TPSA) is 119 Å². The second-order valence-corrected chi connectivity index (χ2v) is 8.70. The Morgan fingerprint density at radius 3 is 2.75 bits per heavy atom. The molecule has 8 nitrogen and oxygen atoms in total. The molecule has 0 aliphatic carbocycles. The number of carbonyl (C=O) groups excluding carboxylic acids is 1. The zero-order valence-corrected chi connectivity index (χ0v) is 15.9. The standard InChI is InChI=1S/C19H20N4O4S/c20-15-6-8-23(12-15)28(25,26)16-3-1-13(2-4-16)10-22-19(24)17-9-14-5-7-21-11-18(14)27-17/h1-5,7,9,11,15H,6,8,10,12,20H2,(H,22,24). The van der Waals surface area contributed by atoms with E-state index in [1.807, 2.05) is 0 Å². The second-order valence-electron chi connectivity index (χ2n) is 6.76. The highest BCUT2D eigenvalue weighted by atomic mass is 32.2. The number of benzene rings is 1. The summed E-state index contributed by atoms with van der Waals surface area (Å²) in [7, 11) is -3.53. The van der Waals surface area contributed by atoms with Gasteiger partial charge in [-0.1, -0.05) is 12.1 Å². The van der Waals surface area contributed by atoms with Gasteiger partial charge in [0.2, 0.25) is 10.0 Å². The first-order valence-electron chi connectivity index (χ1n) is 8.90. The fourth-order valence-electron chi connectivity index (χ4n) is 3.17. The molecule has 1 aliphatic rings. The lowest BCUT2D eigenvalue weighted by atomic mass is 10.2. The summed E-state index contributed by atoms with van der Waals surface area (Å²) in [6.07, 6.45) is 3.85. The minimum Gasteiger partial charge on any atom is -0.449 e. The van der Waals surface area contributed by atoms with Crippen LogP contribution < -0.4 is 11.1 Å². The molecule has 1 aliphatic heterocycles. The highest BCUT2D eigenvalue weighted by Gasteiger charge is 2.30. The number of rotatable bonds is 5. The normalized spacial score (nSPS) is 17.8. The number of nitrogens with zero attached hydrogens (tertiary/aromatic N) is 2. The molecule has 1 saturated heterocycles. The molecule has 1 fully saturated rings. The van der Waals surface area contributed by atoms with E-state index in [-0.39, 0.29) is 29.1 Å². The molecular formula is C19H20N4O4S. The molecule has 1 aromatic carbocycles. The average molecular weight is 400 g/mol. The van der Waals surface area contributed by atoms with Crippen molar-refractivity contribution >= 4 is 26.9 Å². The van der Waals surface area contributed by atoms with Gasteiger partial charge in [-0.2, -0.15) is 4.31 Å². The number of hydrogen-bond donors (Lipinski definition) is 2. The van der Waals surface area contributed by atoms with Crippen molar-refractivity contribution in [2.45, 2.75) is 23.9 Å². The number of fused-ring (bicyclic) bond motifs is 1. The zero-order valence-electron chi connectivity index (χ0n) is 15.0. The fourth-order valence-corrected chi connectivity index (χ4v) is 4.68. The Bertz CT molecular complexity index is 1080.